The van der Waals surface area contributed by atoms with Gasteiger partial charge in [-0.25, -0.2) is 13.2 Å². The number of amides is 1. The molecule has 0 radical (unpaired) electrons. The van der Waals surface area contributed by atoms with E-state index in [0.717, 1.165) is 0 Å². The average Bonchev–Trinajstić information content (AvgIpc) is 2.71. The molecule has 9 heteroatoms. The Labute approximate surface area is 170 Å². The summed E-state index contributed by atoms with van der Waals surface area (Å²) >= 11 is 0. The minimum atomic E-state index is -2.85. The van der Waals surface area contributed by atoms with E-state index in [0.29, 0.717) is 22.6 Å². The van der Waals surface area contributed by atoms with Crippen LogP contribution in [0.2, 0.25) is 0 Å². The lowest BCUT2D eigenvalue weighted by atomic mass is 9.63. The van der Waals surface area contributed by atoms with E-state index in [9.17, 15) is 18.0 Å². The van der Waals surface area contributed by atoms with Gasteiger partial charge in [0.05, 0.1) is 11.4 Å². The van der Waals surface area contributed by atoms with Crippen LogP contribution in [0.25, 0.3) is 11.3 Å². The van der Waals surface area contributed by atoms with Gasteiger partial charge in [0.1, 0.15) is 11.6 Å². The molecule has 0 saturated heterocycles. The molecule has 2 aromatic heterocycles. The highest BCUT2D eigenvalue weighted by atomic mass is 19.3. The van der Waals surface area contributed by atoms with Gasteiger partial charge in [-0.2, -0.15) is 0 Å². The zero-order chi connectivity index (χ0) is 21.4. The normalized spacial score (nSPS) is 16.5. The lowest BCUT2D eigenvalue weighted by Crippen LogP contribution is -2.54. The van der Waals surface area contributed by atoms with Crippen molar-refractivity contribution in [2.75, 3.05) is 11.9 Å². The second-order valence-corrected chi connectivity index (χ2v) is 7.43. The number of nitrogens with one attached hydrogen (secondary N) is 1. The zero-order valence-corrected chi connectivity index (χ0v) is 15.8. The first kappa shape index (κ1) is 19.8. The van der Waals surface area contributed by atoms with E-state index in [-0.39, 0.29) is 12.2 Å². The van der Waals surface area contributed by atoms with Crippen molar-refractivity contribution in [1.82, 2.24) is 15.2 Å². The minimum Gasteiger partial charge on any atom is -0.368 e. The van der Waals surface area contributed by atoms with Crippen LogP contribution in [0.4, 0.5) is 19.0 Å². The Kier molecular flexibility index (Phi) is 4.89. The number of hydrogen-bond acceptors (Lipinski definition) is 5. The maximum absolute atomic E-state index is 14.2. The number of hydrogen-bond donors (Lipinski definition) is 2. The molecule has 0 bridgehead atoms. The summed E-state index contributed by atoms with van der Waals surface area (Å²) in [6, 6.07) is 12.6. The number of alkyl halides is 2. The molecular weight excluding hydrogens is 395 g/mol. The number of pyridine rings is 1. The maximum Gasteiger partial charge on any atom is 0.250 e. The fourth-order valence-electron chi connectivity index (χ4n) is 3.76. The standard InChI is InChI=1S/C21H18F3N5O/c22-15-5-2-8-26-18(15)20(10-21(23,24)11-20)12-27-17-7-6-16(28-29-17)13-3-1-4-14(9-13)19(25)30/h1-9H,10-12H2,(H2,25,30)(H,27,29). The molecule has 30 heavy (non-hydrogen) atoms. The SMILES string of the molecule is NC(=O)c1cccc(-c2ccc(NCC3(c4ncccc4F)CC(F)(F)C3)nn2)c1. The molecule has 0 unspecified atom stereocenters. The predicted octanol–water partition coefficient (Wildman–Crippen LogP) is 3.56. The third-order valence-electron chi connectivity index (χ3n) is 5.17. The topological polar surface area (TPSA) is 93.8 Å². The molecule has 1 aliphatic carbocycles. The minimum absolute atomic E-state index is 0.0243. The van der Waals surface area contributed by atoms with Crippen molar-refractivity contribution in [3.63, 3.8) is 0 Å². The highest BCUT2D eigenvalue weighted by Gasteiger charge is 2.59. The third-order valence-corrected chi connectivity index (χ3v) is 5.17. The van der Waals surface area contributed by atoms with Crippen LogP contribution in [0.15, 0.2) is 54.7 Å². The first-order valence-electron chi connectivity index (χ1n) is 9.25. The Morgan fingerprint density at radius 3 is 2.53 bits per heavy atom. The molecular formula is C21H18F3N5O. The van der Waals surface area contributed by atoms with Crippen LogP contribution in [-0.4, -0.2) is 33.6 Å². The average molecular weight is 413 g/mol. The van der Waals surface area contributed by atoms with E-state index < -0.39 is 35.9 Å². The second-order valence-electron chi connectivity index (χ2n) is 7.43. The molecule has 154 valence electrons. The van der Waals surface area contributed by atoms with Gasteiger partial charge in [-0.15, -0.1) is 10.2 Å². The first-order valence-corrected chi connectivity index (χ1v) is 9.25. The number of carbonyl (C=O) groups excluding carboxylic acids is 1. The lowest BCUT2D eigenvalue weighted by molar-refractivity contribution is -0.124. The molecule has 3 aromatic rings. The highest BCUT2D eigenvalue weighted by Crippen LogP contribution is 2.53. The van der Waals surface area contributed by atoms with Gasteiger partial charge in [-0.1, -0.05) is 12.1 Å². The van der Waals surface area contributed by atoms with Crippen LogP contribution in [0.5, 0.6) is 0 Å². The van der Waals surface area contributed by atoms with Crippen molar-refractivity contribution in [2.24, 2.45) is 5.73 Å². The van der Waals surface area contributed by atoms with Gasteiger partial charge in [0.25, 0.3) is 0 Å². The molecule has 0 spiro atoms. The van der Waals surface area contributed by atoms with Gasteiger partial charge in [0.15, 0.2) is 0 Å². The third kappa shape index (κ3) is 3.83. The van der Waals surface area contributed by atoms with Crippen molar-refractivity contribution < 1.29 is 18.0 Å². The quantitative estimate of drug-likeness (QED) is 0.645. The number of anilines is 1. The Morgan fingerprint density at radius 1 is 1.10 bits per heavy atom. The van der Waals surface area contributed by atoms with E-state index in [1.165, 1.54) is 18.3 Å². The smallest absolute Gasteiger partial charge is 0.250 e. The number of primary amides is 1. The fourth-order valence-corrected chi connectivity index (χ4v) is 3.76. The van der Waals surface area contributed by atoms with Crippen LogP contribution >= 0.6 is 0 Å². The summed E-state index contributed by atoms with van der Waals surface area (Å²) in [7, 11) is 0. The summed E-state index contributed by atoms with van der Waals surface area (Å²) in [4.78, 5) is 15.3. The van der Waals surface area contributed by atoms with E-state index >= 15 is 0 Å². The van der Waals surface area contributed by atoms with Crippen LogP contribution in [0, 0.1) is 5.82 Å². The number of rotatable bonds is 6. The molecule has 1 aromatic carbocycles. The molecule has 1 fully saturated rings. The summed E-state index contributed by atoms with van der Waals surface area (Å²) in [5, 5.41) is 11.1. The van der Waals surface area contributed by atoms with Crippen LogP contribution in [0.1, 0.15) is 28.9 Å². The Hall–Kier alpha value is -3.49. The largest absolute Gasteiger partial charge is 0.368 e. The van der Waals surface area contributed by atoms with Crippen molar-refractivity contribution >= 4 is 11.7 Å². The molecule has 0 aliphatic heterocycles. The van der Waals surface area contributed by atoms with Crippen LogP contribution < -0.4 is 11.1 Å². The van der Waals surface area contributed by atoms with Crippen LogP contribution in [0.3, 0.4) is 0 Å². The molecule has 0 atom stereocenters. The Balaban J connectivity index is 1.51. The summed E-state index contributed by atoms with van der Waals surface area (Å²) in [5.74, 6) is -3.65. The number of nitrogens with zero attached hydrogens (tertiary/aromatic N) is 3. The predicted molar refractivity (Wildman–Crippen MR) is 105 cm³/mol. The van der Waals surface area contributed by atoms with Gasteiger partial charge in [0, 0.05) is 42.1 Å². The first-order chi connectivity index (χ1) is 14.3. The lowest BCUT2D eigenvalue weighted by Gasteiger charge is -2.47. The number of nitrogens with two attached hydrogens (primary N) is 1. The summed E-state index contributed by atoms with van der Waals surface area (Å²) in [6.45, 7) is 0.0434. The van der Waals surface area contributed by atoms with Gasteiger partial charge >= 0.3 is 0 Å². The number of benzene rings is 1. The van der Waals surface area contributed by atoms with Crippen LogP contribution in [-0.2, 0) is 5.41 Å². The summed E-state index contributed by atoms with van der Waals surface area (Å²) in [5.41, 5.74) is 5.73. The van der Waals surface area contributed by atoms with Crippen molar-refractivity contribution in [2.45, 2.75) is 24.2 Å². The molecule has 1 amide bonds. The number of halogens is 3. The number of aromatic nitrogens is 3. The van der Waals surface area contributed by atoms with E-state index in [1.807, 2.05) is 0 Å². The van der Waals surface area contributed by atoms with Gasteiger partial charge in [-0.3, -0.25) is 9.78 Å². The van der Waals surface area contributed by atoms with Crippen molar-refractivity contribution in [1.29, 1.82) is 0 Å². The fraction of sp³-hybridized carbons (Fsp3) is 0.238. The molecule has 4 rings (SSSR count). The van der Waals surface area contributed by atoms with Crippen molar-refractivity contribution in [3.8, 4) is 11.3 Å². The Morgan fingerprint density at radius 2 is 1.90 bits per heavy atom. The Bertz CT molecular complexity index is 1080. The molecule has 1 saturated carbocycles. The van der Waals surface area contributed by atoms with E-state index in [1.54, 1.807) is 36.4 Å². The molecule has 2 heterocycles. The molecule has 6 nitrogen and oxygen atoms in total. The maximum atomic E-state index is 14.2. The van der Waals surface area contributed by atoms with Crippen molar-refractivity contribution in [3.05, 3.63) is 71.8 Å². The van der Waals surface area contributed by atoms with Gasteiger partial charge in [0.2, 0.25) is 11.8 Å². The molecule has 3 N–H and O–H groups in total. The van der Waals surface area contributed by atoms with E-state index in [2.05, 4.69) is 20.5 Å². The van der Waals surface area contributed by atoms with Gasteiger partial charge < -0.3 is 11.1 Å². The summed E-state index contributed by atoms with van der Waals surface area (Å²) in [6.07, 6.45) is 0.407. The van der Waals surface area contributed by atoms with Gasteiger partial charge in [-0.05, 0) is 36.4 Å². The second kappa shape index (κ2) is 7.40. The molecule has 1 aliphatic rings. The monoisotopic (exact) mass is 413 g/mol. The van der Waals surface area contributed by atoms with E-state index in [4.69, 9.17) is 5.73 Å². The zero-order valence-electron chi connectivity index (χ0n) is 15.8. The number of carbonyl (C=O) groups is 1. The highest BCUT2D eigenvalue weighted by molar-refractivity contribution is 5.93. The summed E-state index contributed by atoms with van der Waals surface area (Å²) < 4.78 is 41.6.